The molecular formula is C38H28N6. The van der Waals surface area contributed by atoms with Gasteiger partial charge in [-0.1, -0.05) is 30.3 Å². The Labute approximate surface area is 254 Å². The van der Waals surface area contributed by atoms with E-state index in [1.165, 1.54) is 51.3 Å². The molecule has 0 saturated heterocycles. The van der Waals surface area contributed by atoms with Gasteiger partial charge < -0.3 is 0 Å². The summed E-state index contributed by atoms with van der Waals surface area (Å²) in [7, 11) is 0. The molecule has 6 nitrogen and oxygen atoms in total. The Bertz CT molecular complexity index is 2300. The minimum atomic E-state index is 0.898. The number of aryl methyl sites for hydroxylation is 1. The zero-order valence-electron chi connectivity index (χ0n) is 24.1. The summed E-state index contributed by atoms with van der Waals surface area (Å²) in [5.74, 6) is 1.85. The Balaban J connectivity index is 1.27. The number of pyridine rings is 4. The van der Waals surface area contributed by atoms with Gasteiger partial charge >= 0.3 is 0 Å². The van der Waals surface area contributed by atoms with Crippen LogP contribution in [0.3, 0.4) is 0 Å². The van der Waals surface area contributed by atoms with Gasteiger partial charge in [0.25, 0.3) is 0 Å². The predicted molar refractivity (Wildman–Crippen MR) is 176 cm³/mol. The molecule has 0 fully saturated rings. The number of aromatic nitrogens is 6. The quantitative estimate of drug-likeness (QED) is 0.214. The zero-order chi connectivity index (χ0) is 29.0. The van der Waals surface area contributed by atoms with E-state index in [-0.39, 0.29) is 0 Å². The molecule has 0 unspecified atom stereocenters. The summed E-state index contributed by atoms with van der Waals surface area (Å²) in [5.41, 5.74) is 10.2. The van der Waals surface area contributed by atoms with Crippen LogP contribution in [0, 0.1) is 0 Å². The Morgan fingerprint density at radius 2 is 1.09 bits per heavy atom. The average molecular weight is 569 g/mol. The van der Waals surface area contributed by atoms with Gasteiger partial charge in [-0.2, -0.15) is 0 Å². The first kappa shape index (κ1) is 24.9. The highest BCUT2D eigenvalue weighted by atomic mass is 15.1. The maximum absolute atomic E-state index is 4.99. The van der Waals surface area contributed by atoms with Gasteiger partial charge in [0.1, 0.15) is 11.6 Å². The maximum Gasteiger partial charge on any atom is 0.137 e. The second kappa shape index (κ2) is 9.99. The molecule has 0 atom stereocenters. The molecule has 0 saturated carbocycles. The summed E-state index contributed by atoms with van der Waals surface area (Å²) in [6, 6.07) is 33.7. The van der Waals surface area contributed by atoms with Crippen molar-refractivity contribution in [3.63, 3.8) is 0 Å². The van der Waals surface area contributed by atoms with E-state index in [0.29, 0.717) is 0 Å². The summed E-state index contributed by atoms with van der Waals surface area (Å²) in [6.45, 7) is 0. The van der Waals surface area contributed by atoms with Crippen LogP contribution in [0.15, 0.2) is 122 Å². The second-order valence-electron chi connectivity index (χ2n) is 11.4. The van der Waals surface area contributed by atoms with Gasteiger partial charge in [0.15, 0.2) is 0 Å². The molecule has 0 spiro atoms. The van der Waals surface area contributed by atoms with Gasteiger partial charge in [0.2, 0.25) is 0 Å². The molecular weight excluding hydrogens is 540 g/mol. The van der Waals surface area contributed by atoms with Crippen molar-refractivity contribution in [1.29, 1.82) is 0 Å². The maximum atomic E-state index is 4.99. The lowest BCUT2D eigenvalue weighted by atomic mass is 9.94. The van der Waals surface area contributed by atoms with E-state index in [4.69, 9.17) is 9.97 Å². The lowest BCUT2D eigenvalue weighted by Gasteiger charge is -2.15. The number of rotatable bonds is 4. The fourth-order valence-corrected chi connectivity index (χ4v) is 7.01. The highest BCUT2D eigenvalue weighted by Gasteiger charge is 2.26. The number of nitrogens with zero attached hydrogens (tertiary/aromatic N) is 6. The molecule has 2 aromatic carbocycles. The lowest BCUT2D eigenvalue weighted by molar-refractivity contribution is 0.665. The van der Waals surface area contributed by atoms with Crippen LogP contribution in [0.5, 0.6) is 0 Å². The van der Waals surface area contributed by atoms with Crippen molar-refractivity contribution in [2.75, 3.05) is 0 Å². The summed E-state index contributed by atoms with van der Waals surface area (Å²) >= 11 is 0. The van der Waals surface area contributed by atoms with Crippen LogP contribution < -0.4 is 0 Å². The first-order chi connectivity index (χ1) is 21.8. The van der Waals surface area contributed by atoms with Crippen molar-refractivity contribution in [3.8, 4) is 34.2 Å². The Hall–Kier alpha value is -5.62. The van der Waals surface area contributed by atoms with Crippen molar-refractivity contribution >= 4 is 32.7 Å². The van der Waals surface area contributed by atoms with Crippen LogP contribution in [-0.4, -0.2) is 29.1 Å². The third kappa shape index (κ3) is 3.81. The molecule has 1 aliphatic carbocycles. The van der Waals surface area contributed by atoms with E-state index in [1.54, 1.807) is 0 Å². The van der Waals surface area contributed by atoms with Gasteiger partial charge in [-0.3, -0.25) is 19.1 Å². The van der Waals surface area contributed by atoms with Gasteiger partial charge in [-0.15, -0.1) is 0 Å². The number of hydrogen-bond donors (Lipinski definition) is 0. The van der Waals surface area contributed by atoms with E-state index in [0.717, 1.165) is 52.5 Å². The molecule has 210 valence electrons. The second-order valence-corrected chi connectivity index (χ2v) is 11.4. The van der Waals surface area contributed by atoms with E-state index in [9.17, 15) is 0 Å². The SMILES string of the molecule is c1ccc(-c2ccc(-n3c4c(c5c6c7ccccc7n(-c7ccc(-c8ccccn8)cn7)c6ccc53)CCCC4)nc2)nc1. The molecule has 6 heteroatoms. The first-order valence-corrected chi connectivity index (χ1v) is 15.2. The van der Waals surface area contributed by atoms with Crippen molar-refractivity contribution in [2.45, 2.75) is 25.7 Å². The van der Waals surface area contributed by atoms with Crippen LogP contribution in [-0.2, 0) is 12.8 Å². The van der Waals surface area contributed by atoms with E-state index >= 15 is 0 Å². The van der Waals surface area contributed by atoms with E-state index in [1.807, 2.05) is 61.2 Å². The molecule has 0 amide bonds. The number of benzene rings is 2. The standard InChI is InChI=1S/C38H28N6/c1-3-13-31-27(9-1)37-33(43(31)35-19-15-25(23-41-35)29-11-5-7-21-39-29)17-18-34-38(37)28-10-2-4-14-32(28)44(34)36-20-16-26(24-42-36)30-12-6-8-22-40-30/h1,3,5-9,11-13,15-24H,2,4,10,14H2. The van der Waals surface area contributed by atoms with Crippen molar-refractivity contribution in [2.24, 2.45) is 0 Å². The third-order valence-corrected chi connectivity index (χ3v) is 8.94. The number of para-hydroxylation sites is 1. The van der Waals surface area contributed by atoms with Gasteiger partial charge in [-0.05, 0) is 98.0 Å². The van der Waals surface area contributed by atoms with E-state index in [2.05, 4.69) is 79.8 Å². The zero-order valence-corrected chi connectivity index (χ0v) is 24.1. The Morgan fingerprint density at radius 3 is 1.73 bits per heavy atom. The van der Waals surface area contributed by atoms with Crippen molar-refractivity contribution < 1.29 is 0 Å². The molecule has 9 rings (SSSR count). The molecule has 0 aliphatic heterocycles. The van der Waals surface area contributed by atoms with Crippen molar-refractivity contribution in [3.05, 3.63) is 133 Å². The summed E-state index contributed by atoms with van der Waals surface area (Å²) < 4.78 is 4.70. The molecule has 0 radical (unpaired) electrons. The topological polar surface area (TPSA) is 61.4 Å². The monoisotopic (exact) mass is 568 g/mol. The predicted octanol–water partition coefficient (Wildman–Crippen LogP) is 8.52. The highest BCUT2D eigenvalue weighted by molar-refractivity contribution is 6.22. The van der Waals surface area contributed by atoms with Crippen LogP contribution in [0.25, 0.3) is 66.9 Å². The summed E-state index contributed by atoms with van der Waals surface area (Å²) in [5, 5.41) is 3.87. The molecule has 6 heterocycles. The van der Waals surface area contributed by atoms with Crippen LogP contribution in [0.1, 0.15) is 24.1 Å². The number of fused-ring (bicyclic) bond motifs is 7. The third-order valence-electron chi connectivity index (χ3n) is 8.94. The Morgan fingerprint density at radius 1 is 0.477 bits per heavy atom. The largest absolute Gasteiger partial charge is 0.298 e. The minimum Gasteiger partial charge on any atom is -0.298 e. The molecule has 44 heavy (non-hydrogen) atoms. The highest BCUT2D eigenvalue weighted by Crippen LogP contribution is 2.43. The normalized spacial score (nSPS) is 13.1. The fraction of sp³-hybridized carbons (Fsp3) is 0.105. The molecule has 0 N–H and O–H groups in total. The van der Waals surface area contributed by atoms with E-state index < -0.39 is 0 Å². The van der Waals surface area contributed by atoms with Crippen LogP contribution in [0.4, 0.5) is 0 Å². The fourth-order valence-electron chi connectivity index (χ4n) is 7.01. The molecule has 8 aromatic rings. The minimum absolute atomic E-state index is 0.898. The van der Waals surface area contributed by atoms with Crippen molar-refractivity contribution in [1.82, 2.24) is 29.1 Å². The lowest BCUT2D eigenvalue weighted by Crippen LogP contribution is -2.08. The molecule has 6 aromatic heterocycles. The average Bonchev–Trinajstić information content (AvgIpc) is 3.62. The smallest absolute Gasteiger partial charge is 0.137 e. The first-order valence-electron chi connectivity index (χ1n) is 15.2. The summed E-state index contributed by atoms with van der Waals surface area (Å²) in [4.78, 5) is 19.0. The Kier molecular flexibility index (Phi) is 5.66. The molecule has 0 bridgehead atoms. The van der Waals surface area contributed by atoms with Crippen LogP contribution in [0.2, 0.25) is 0 Å². The number of hydrogen-bond acceptors (Lipinski definition) is 4. The summed E-state index contributed by atoms with van der Waals surface area (Å²) in [6.07, 6.45) is 12.0. The van der Waals surface area contributed by atoms with Gasteiger partial charge in [-0.25, -0.2) is 9.97 Å². The van der Waals surface area contributed by atoms with Crippen LogP contribution >= 0.6 is 0 Å². The molecule has 1 aliphatic rings. The van der Waals surface area contributed by atoms with Gasteiger partial charge in [0, 0.05) is 57.8 Å². The van der Waals surface area contributed by atoms with Gasteiger partial charge in [0.05, 0.1) is 27.9 Å².